The monoisotopic (exact) mass is 200 g/mol. The average molecular weight is 200 g/mol. The van der Waals surface area contributed by atoms with E-state index >= 15 is 0 Å². The quantitative estimate of drug-likeness (QED) is 0.647. The van der Waals surface area contributed by atoms with Gasteiger partial charge in [-0.3, -0.25) is 0 Å². The lowest BCUT2D eigenvalue weighted by molar-refractivity contribution is 0.158. The standard InChI is InChI=1S/C12H28N2/c1-6-9-14(5)11-12(7-2,8-3)10-13-4/h13H,6-11H2,1-5H3. The molecule has 0 heterocycles. The Hall–Kier alpha value is -0.0800. The lowest BCUT2D eigenvalue weighted by Crippen LogP contribution is -2.41. The zero-order valence-electron chi connectivity index (χ0n) is 10.7. The van der Waals surface area contributed by atoms with Gasteiger partial charge in [0.2, 0.25) is 0 Å². The van der Waals surface area contributed by atoms with Gasteiger partial charge in [-0.05, 0) is 45.3 Å². The van der Waals surface area contributed by atoms with Crippen LogP contribution in [0.15, 0.2) is 0 Å². The molecule has 0 aromatic rings. The Morgan fingerprint density at radius 2 is 1.71 bits per heavy atom. The molecule has 0 fully saturated rings. The van der Waals surface area contributed by atoms with Gasteiger partial charge in [-0.15, -0.1) is 0 Å². The Labute approximate surface area is 90.1 Å². The van der Waals surface area contributed by atoms with Gasteiger partial charge in [0.25, 0.3) is 0 Å². The summed E-state index contributed by atoms with van der Waals surface area (Å²) in [7, 11) is 4.29. The van der Waals surface area contributed by atoms with Gasteiger partial charge in [-0.25, -0.2) is 0 Å². The molecule has 0 radical (unpaired) electrons. The molecule has 0 aromatic carbocycles. The number of hydrogen-bond donors (Lipinski definition) is 1. The highest BCUT2D eigenvalue weighted by atomic mass is 15.1. The van der Waals surface area contributed by atoms with Gasteiger partial charge in [-0.1, -0.05) is 20.8 Å². The number of rotatable bonds is 8. The molecule has 0 unspecified atom stereocenters. The molecule has 0 saturated carbocycles. The van der Waals surface area contributed by atoms with Crippen LogP contribution in [-0.2, 0) is 0 Å². The van der Waals surface area contributed by atoms with Crippen molar-refractivity contribution < 1.29 is 0 Å². The third kappa shape index (κ3) is 4.43. The first-order chi connectivity index (χ1) is 6.64. The van der Waals surface area contributed by atoms with Crippen LogP contribution in [0.5, 0.6) is 0 Å². The van der Waals surface area contributed by atoms with Crippen LogP contribution in [0.1, 0.15) is 40.0 Å². The first-order valence-corrected chi connectivity index (χ1v) is 5.97. The summed E-state index contributed by atoms with van der Waals surface area (Å²) in [5.74, 6) is 0. The van der Waals surface area contributed by atoms with E-state index in [1.54, 1.807) is 0 Å². The first kappa shape index (κ1) is 13.9. The molecule has 0 bridgehead atoms. The van der Waals surface area contributed by atoms with Crippen molar-refractivity contribution in [3.63, 3.8) is 0 Å². The van der Waals surface area contributed by atoms with E-state index in [0.717, 1.165) is 6.54 Å². The van der Waals surface area contributed by atoms with Crippen LogP contribution in [-0.4, -0.2) is 38.6 Å². The Kier molecular flexibility index (Phi) is 7.20. The maximum atomic E-state index is 3.33. The molecule has 0 saturated heterocycles. The minimum absolute atomic E-state index is 0.471. The molecule has 1 N–H and O–H groups in total. The van der Waals surface area contributed by atoms with Gasteiger partial charge >= 0.3 is 0 Å². The molecule has 0 aromatic heterocycles. The summed E-state index contributed by atoms with van der Waals surface area (Å²) in [5, 5.41) is 3.33. The highest BCUT2D eigenvalue weighted by molar-refractivity contribution is 4.81. The summed E-state index contributed by atoms with van der Waals surface area (Å²) in [6.07, 6.45) is 3.77. The van der Waals surface area contributed by atoms with E-state index in [4.69, 9.17) is 0 Å². The van der Waals surface area contributed by atoms with Crippen molar-refractivity contribution in [2.75, 3.05) is 33.7 Å². The molecule has 0 aliphatic carbocycles. The molecule has 0 spiro atoms. The van der Waals surface area contributed by atoms with E-state index < -0.39 is 0 Å². The third-order valence-corrected chi connectivity index (χ3v) is 3.26. The van der Waals surface area contributed by atoms with Crippen molar-refractivity contribution in [2.24, 2.45) is 5.41 Å². The fraction of sp³-hybridized carbons (Fsp3) is 1.00. The smallest absolute Gasteiger partial charge is 0.00469 e. The zero-order valence-corrected chi connectivity index (χ0v) is 10.7. The van der Waals surface area contributed by atoms with Gasteiger partial charge in [0.15, 0.2) is 0 Å². The van der Waals surface area contributed by atoms with Gasteiger partial charge < -0.3 is 10.2 Å². The normalized spacial score (nSPS) is 12.4. The SMILES string of the molecule is CCCN(C)CC(CC)(CC)CNC. The second-order valence-corrected chi connectivity index (χ2v) is 4.48. The van der Waals surface area contributed by atoms with Crippen LogP contribution in [0.25, 0.3) is 0 Å². The molecule has 0 aliphatic rings. The highest BCUT2D eigenvalue weighted by Gasteiger charge is 2.26. The van der Waals surface area contributed by atoms with Crippen LogP contribution in [0.4, 0.5) is 0 Å². The summed E-state index contributed by atoms with van der Waals surface area (Å²) >= 11 is 0. The Balaban J connectivity index is 4.18. The van der Waals surface area contributed by atoms with E-state index in [2.05, 4.69) is 45.1 Å². The Bertz CT molecular complexity index is 130. The van der Waals surface area contributed by atoms with Crippen LogP contribution >= 0.6 is 0 Å². The van der Waals surface area contributed by atoms with Crippen LogP contribution < -0.4 is 5.32 Å². The average Bonchev–Trinajstić information content (AvgIpc) is 2.17. The van der Waals surface area contributed by atoms with Crippen LogP contribution in [0, 0.1) is 5.41 Å². The summed E-state index contributed by atoms with van der Waals surface area (Å²) in [4.78, 5) is 2.46. The predicted octanol–water partition coefficient (Wildman–Crippen LogP) is 2.35. The fourth-order valence-electron chi connectivity index (χ4n) is 2.19. The van der Waals surface area contributed by atoms with Gasteiger partial charge in [0.05, 0.1) is 0 Å². The molecule has 14 heavy (non-hydrogen) atoms. The third-order valence-electron chi connectivity index (χ3n) is 3.26. The molecule has 0 rings (SSSR count). The highest BCUT2D eigenvalue weighted by Crippen LogP contribution is 2.26. The predicted molar refractivity (Wildman–Crippen MR) is 64.7 cm³/mol. The Morgan fingerprint density at radius 3 is 2.07 bits per heavy atom. The molecule has 0 amide bonds. The van der Waals surface area contributed by atoms with Gasteiger partial charge in [0.1, 0.15) is 0 Å². The molecular weight excluding hydrogens is 172 g/mol. The molecule has 2 heteroatoms. The van der Waals surface area contributed by atoms with Crippen molar-refractivity contribution >= 4 is 0 Å². The van der Waals surface area contributed by atoms with Crippen molar-refractivity contribution in [2.45, 2.75) is 40.0 Å². The minimum Gasteiger partial charge on any atom is -0.319 e. The summed E-state index contributed by atoms with van der Waals surface area (Å²) in [6.45, 7) is 10.4. The Morgan fingerprint density at radius 1 is 1.14 bits per heavy atom. The van der Waals surface area contributed by atoms with E-state index in [0.29, 0.717) is 5.41 Å². The molecule has 86 valence electrons. The van der Waals surface area contributed by atoms with Crippen molar-refractivity contribution in [3.05, 3.63) is 0 Å². The largest absolute Gasteiger partial charge is 0.319 e. The van der Waals surface area contributed by atoms with Crippen molar-refractivity contribution in [1.29, 1.82) is 0 Å². The lowest BCUT2D eigenvalue weighted by Gasteiger charge is -2.35. The van der Waals surface area contributed by atoms with E-state index in [1.807, 2.05) is 0 Å². The van der Waals surface area contributed by atoms with E-state index in [1.165, 1.54) is 32.4 Å². The second-order valence-electron chi connectivity index (χ2n) is 4.48. The summed E-state index contributed by atoms with van der Waals surface area (Å²) in [6, 6.07) is 0. The van der Waals surface area contributed by atoms with Gasteiger partial charge in [-0.2, -0.15) is 0 Å². The first-order valence-electron chi connectivity index (χ1n) is 5.97. The topological polar surface area (TPSA) is 15.3 Å². The van der Waals surface area contributed by atoms with Crippen molar-refractivity contribution in [3.8, 4) is 0 Å². The maximum absolute atomic E-state index is 3.33. The zero-order chi connectivity index (χ0) is 11.0. The molecule has 0 atom stereocenters. The summed E-state index contributed by atoms with van der Waals surface area (Å²) < 4.78 is 0. The number of nitrogens with zero attached hydrogens (tertiary/aromatic N) is 1. The summed E-state index contributed by atoms with van der Waals surface area (Å²) in [5.41, 5.74) is 0.471. The van der Waals surface area contributed by atoms with Crippen LogP contribution in [0.3, 0.4) is 0 Å². The number of nitrogens with one attached hydrogen (secondary N) is 1. The minimum atomic E-state index is 0.471. The number of hydrogen-bond acceptors (Lipinski definition) is 2. The second kappa shape index (κ2) is 7.24. The molecule has 0 aliphatic heterocycles. The molecule has 2 nitrogen and oxygen atoms in total. The van der Waals surface area contributed by atoms with Crippen molar-refractivity contribution in [1.82, 2.24) is 10.2 Å². The molecular formula is C12H28N2. The fourth-order valence-corrected chi connectivity index (χ4v) is 2.19. The van der Waals surface area contributed by atoms with Crippen LogP contribution in [0.2, 0.25) is 0 Å². The maximum Gasteiger partial charge on any atom is 0.00469 e. The van der Waals surface area contributed by atoms with E-state index in [9.17, 15) is 0 Å². The lowest BCUT2D eigenvalue weighted by atomic mass is 9.81. The van der Waals surface area contributed by atoms with E-state index in [-0.39, 0.29) is 0 Å². The van der Waals surface area contributed by atoms with Gasteiger partial charge in [0, 0.05) is 13.1 Å².